The smallest absolute Gasteiger partial charge is 0.253 e. The summed E-state index contributed by atoms with van der Waals surface area (Å²) in [6, 6.07) is 6.46. The Kier molecular flexibility index (Phi) is 6.18. The van der Waals surface area contributed by atoms with Gasteiger partial charge in [-0.2, -0.15) is 0 Å². The van der Waals surface area contributed by atoms with Crippen molar-refractivity contribution in [2.24, 2.45) is 5.92 Å². The summed E-state index contributed by atoms with van der Waals surface area (Å²) in [5, 5.41) is 0. The predicted molar refractivity (Wildman–Crippen MR) is 93.7 cm³/mol. The number of fused-ring (bicyclic) bond motifs is 1. The van der Waals surface area contributed by atoms with Crippen molar-refractivity contribution >= 4 is 5.91 Å². The first kappa shape index (κ1) is 18.2. The van der Waals surface area contributed by atoms with Crippen molar-refractivity contribution in [3.05, 3.63) is 59.1 Å². The number of carbonyl (C=O) groups excluding carboxylic acids is 1. The number of hydrogen-bond donors (Lipinski definition) is 0. The molecule has 2 unspecified atom stereocenters. The zero-order valence-corrected chi connectivity index (χ0v) is 14.9. The molecule has 3 rings (SSSR count). The normalized spacial score (nSPS) is 22.7. The quantitative estimate of drug-likeness (QED) is 0.766. The van der Waals surface area contributed by atoms with E-state index in [1.54, 1.807) is 19.2 Å². The van der Waals surface area contributed by atoms with E-state index in [1.165, 1.54) is 12.1 Å². The highest BCUT2D eigenvalue weighted by molar-refractivity contribution is 5.94. The van der Waals surface area contributed by atoms with Gasteiger partial charge in [-0.3, -0.25) is 4.79 Å². The van der Waals surface area contributed by atoms with Crippen LogP contribution in [0.15, 0.2) is 47.7 Å². The van der Waals surface area contributed by atoms with Crippen molar-refractivity contribution in [3.63, 3.8) is 0 Å². The highest BCUT2D eigenvalue weighted by Crippen LogP contribution is 2.37. The fourth-order valence-corrected chi connectivity index (χ4v) is 3.46. The molecular formula is C20H26FNO2. The van der Waals surface area contributed by atoms with E-state index < -0.39 is 0 Å². The molecule has 24 heavy (non-hydrogen) atoms. The minimum atomic E-state index is -0.259. The zero-order valence-electron chi connectivity index (χ0n) is 14.9. The van der Waals surface area contributed by atoms with Crippen LogP contribution in [0, 0.1) is 11.7 Å². The van der Waals surface area contributed by atoms with Crippen LogP contribution in [0.3, 0.4) is 0 Å². The van der Waals surface area contributed by atoms with Crippen LogP contribution in [0.4, 0.5) is 4.39 Å². The molecule has 0 saturated heterocycles. The molecule has 4 heteroatoms. The molecule has 3 nitrogen and oxygen atoms in total. The molecule has 0 bridgehead atoms. The molecular weight excluding hydrogens is 305 g/mol. The van der Waals surface area contributed by atoms with Crippen LogP contribution in [0.1, 0.15) is 39.2 Å². The fourth-order valence-electron chi connectivity index (χ4n) is 3.46. The molecule has 2 aliphatic rings. The standard InChI is InChI=1S/C18H20FNO2.C2H6/c1-12-17(22-2)15-5-3-4-6-16(15)20(18(12)21)11-13-7-9-14(19)10-8-13;1-2/h3-4,7-10,15-16H,5-6,11H2,1-2H3;1-2H3. The second kappa shape index (κ2) is 8.13. The first-order chi connectivity index (χ1) is 11.6. The van der Waals surface area contributed by atoms with Gasteiger partial charge in [-0.25, -0.2) is 4.39 Å². The van der Waals surface area contributed by atoms with Gasteiger partial charge >= 0.3 is 0 Å². The summed E-state index contributed by atoms with van der Waals surface area (Å²) in [7, 11) is 1.64. The molecule has 0 aromatic heterocycles. The van der Waals surface area contributed by atoms with Crippen LogP contribution >= 0.6 is 0 Å². The van der Waals surface area contributed by atoms with Gasteiger partial charge in [0.05, 0.1) is 12.7 Å². The lowest BCUT2D eigenvalue weighted by Gasteiger charge is -2.43. The van der Waals surface area contributed by atoms with Crippen molar-refractivity contribution in [1.29, 1.82) is 0 Å². The molecule has 0 spiro atoms. The lowest BCUT2D eigenvalue weighted by atomic mass is 9.81. The number of amides is 1. The lowest BCUT2D eigenvalue weighted by molar-refractivity contribution is -0.133. The first-order valence-electron chi connectivity index (χ1n) is 8.57. The van der Waals surface area contributed by atoms with Gasteiger partial charge in [0.2, 0.25) is 0 Å². The number of carbonyl (C=O) groups is 1. The van der Waals surface area contributed by atoms with Crippen LogP contribution < -0.4 is 0 Å². The monoisotopic (exact) mass is 331 g/mol. The molecule has 0 radical (unpaired) electrons. The number of hydrogen-bond acceptors (Lipinski definition) is 2. The Bertz CT molecular complexity index is 634. The minimum Gasteiger partial charge on any atom is -0.500 e. The van der Waals surface area contributed by atoms with E-state index in [1.807, 2.05) is 25.7 Å². The van der Waals surface area contributed by atoms with E-state index in [2.05, 4.69) is 12.2 Å². The van der Waals surface area contributed by atoms with Crippen molar-refractivity contribution in [2.45, 2.75) is 46.2 Å². The number of nitrogens with zero attached hydrogens (tertiary/aromatic N) is 1. The van der Waals surface area contributed by atoms with E-state index in [0.29, 0.717) is 12.1 Å². The SMILES string of the molecule is CC.COC1=C(C)C(=O)N(Cc2ccc(F)cc2)C2CC=CCC12. The lowest BCUT2D eigenvalue weighted by Crippen LogP contribution is -2.49. The van der Waals surface area contributed by atoms with Crippen LogP contribution in [0.2, 0.25) is 0 Å². The third-order valence-electron chi connectivity index (χ3n) is 4.57. The molecule has 1 amide bonds. The molecule has 0 saturated carbocycles. The van der Waals surface area contributed by atoms with Gasteiger partial charge in [-0.05, 0) is 37.5 Å². The van der Waals surface area contributed by atoms with Crippen LogP contribution in [0.5, 0.6) is 0 Å². The largest absolute Gasteiger partial charge is 0.500 e. The minimum absolute atomic E-state index is 0.0118. The van der Waals surface area contributed by atoms with Gasteiger partial charge in [0.15, 0.2) is 0 Å². The van der Waals surface area contributed by atoms with E-state index >= 15 is 0 Å². The van der Waals surface area contributed by atoms with Crippen LogP contribution in [0.25, 0.3) is 0 Å². The molecule has 1 aliphatic heterocycles. The Morgan fingerprint density at radius 3 is 2.42 bits per heavy atom. The summed E-state index contributed by atoms with van der Waals surface area (Å²) < 4.78 is 18.6. The van der Waals surface area contributed by atoms with E-state index in [-0.39, 0.29) is 23.7 Å². The molecule has 1 aromatic carbocycles. The first-order valence-corrected chi connectivity index (χ1v) is 8.57. The second-order valence-electron chi connectivity index (χ2n) is 5.87. The molecule has 1 aromatic rings. The van der Waals surface area contributed by atoms with Gasteiger partial charge < -0.3 is 9.64 Å². The summed E-state index contributed by atoms with van der Waals surface area (Å²) in [5.74, 6) is 0.783. The summed E-state index contributed by atoms with van der Waals surface area (Å²) in [4.78, 5) is 14.6. The van der Waals surface area contributed by atoms with Gasteiger partial charge in [0.1, 0.15) is 11.6 Å². The maximum Gasteiger partial charge on any atom is 0.253 e. The highest BCUT2D eigenvalue weighted by atomic mass is 19.1. The highest BCUT2D eigenvalue weighted by Gasteiger charge is 2.40. The van der Waals surface area contributed by atoms with Gasteiger partial charge in [-0.1, -0.05) is 38.1 Å². The summed E-state index contributed by atoms with van der Waals surface area (Å²) in [6.45, 7) is 6.33. The molecule has 1 heterocycles. The van der Waals surface area contributed by atoms with E-state index in [9.17, 15) is 9.18 Å². The van der Waals surface area contributed by atoms with Crippen molar-refractivity contribution in [1.82, 2.24) is 4.90 Å². The second-order valence-corrected chi connectivity index (χ2v) is 5.87. The third kappa shape index (κ3) is 3.53. The van der Waals surface area contributed by atoms with E-state index in [4.69, 9.17) is 4.74 Å². The summed E-state index contributed by atoms with van der Waals surface area (Å²) >= 11 is 0. The van der Waals surface area contributed by atoms with Gasteiger partial charge in [0, 0.05) is 18.5 Å². The van der Waals surface area contributed by atoms with E-state index in [0.717, 1.165) is 24.2 Å². The number of methoxy groups -OCH3 is 1. The third-order valence-corrected chi connectivity index (χ3v) is 4.57. The number of rotatable bonds is 3. The van der Waals surface area contributed by atoms with Gasteiger partial charge in [-0.15, -0.1) is 0 Å². The Morgan fingerprint density at radius 1 is 1.17 bits per heavy atom. The predicted octanol–water partition coefficient (Wildman–Crippen LogP) is 4.45. The topological polar surface area (TPSA) is 29.5 Å². The molecule has 1 aliphatic carbocycles. The Morgan fingerprint density at radius 2 is 1.79 bits per heavy atom. The average molecular weight is 331 g/mol. The maximum atomic E-state index is 13.1. The zero-order chi connectivity index (χ0) is 17.7. The Labute approximate surface area is 143 Å². The number of allylic oxidation sites excluding steroid dienone is 1. The fraction of sp³-hybridized carbons (Fsp3) is 0.450. The molecule has 2 atom stereocenters. The van der Waals surface area contributed by atoms with Crippen LogP contribution in [-0.4, -0.2) is 24.0 Å². The van der Waals surface area contributed by atoms with Gasteiger partial charge in [0.25, 0.3) is 5.91 Å². The molecule has 0 fully saturated rings. The maximum absolute atomic E-state index is 13.1. The average Bonchev–Trinajstić information content (AvgIpc) is 2.63. The number of halogens is 1. The Balaban J connectivity index is 0.00000100. The van der Waals surface area contributed by atoms with Crippen LogP contribution in [-0.2, 0) is 16.1 Å². The Hall–Kier alpha value is -2.10. The van der Waals surface area contributed by atoms with Crippen molar-refractivity contribution < 1.29 is 13.9 Å². The molecule has 130 valence electrons. The number of benzene rings is 1. The van der Waals surface area contributed by atoms with Crippen molar-refractivity contribution in [2.75, 3.05) is 7.11 Å². The summed E-state index contributed by atoms with van der Waals surface area (Å²) in [5.41, 5.74) is 1.62. The molecule has 0 N–H and O–H groups in total. The number of ether oxygens (including phenoxy) is 1. The summed E-state index contributed by atoms with van der Waals surface area (Å²) in [6.07, 6.45) is 6.00. The van der Waals surface area contributed by atoms with Crippen molar-refractivity contribution in [3.8, 4) is 0 Å².